The van der Waals surface area contributed by atoms with E-state index in [0.717, 1.165) is 0 Å². The monoisotopic (exact) mass is 466 g/mol. The molecule has 1 heterocycles. The van der Waals surface area contributed by atoms with Gasteiger partial charge in [0.05, 0.1) is 17.7 Å². The number of ether oxygens (including phenoxy) is 2. The van der Waals surface area contributed by atoms with Crippen molar-refractivity contribution in [1.29, 1.82) is 0 Å². The molecule has 0 aliphatic carbocycles. The fraction of sp³-hybridized carbons (Fsp3) is 0.240. The molecule has 3 aromatic rings. The first-order chi connectivity index (χ1) is 15.9. The second-order valence-electron chi connectivity index (χ2n) is 7.81. The SMILES string of the molecule is COc1ccc(C)c(S(=O)(=O)N2CCC[C@H]2C(=O)Nc2ccccc2Oc2ccccc2)c1. The highest BCUT2D eigenvalue weighted by Gasteiger charge is 2.40. The topological polar surface area (TPSA) is 84.9 Å². The van der Waals surface area contributed by atoms with Crippen LogP contribution in [0.25, 0.3) is 0 Å². The van der Waals surface area contributed by atoms with E-state index in [-0.39, 0.29) is 17.3 Å². The highest BCUT2D eigenvalue weighted by molar-refractivity contribution is 7.89. The van der Waals surface area contributed by atoms with Gasteiger partial charge in [0.2, 0.25) is 15.9 Å². The minimum absolute atomic E-state index is 0.148. The lowest BCUT2D eigenvalue weighted by atomic mass is 10.2. The Morgan fingerprint density at radius 2 is 1.73 bits per heavy atom. The molecule has 0 bridgehead atoms. The molecule has 0 radical (unpaired) electrons. The van der Waals surface area contributed by atoms with Gasteiger partial charge in [-0.1, -0.05) is 36.4 Å². The summed E-state index contributed by atoms with van der Waals surface area (Å²) in [6.45, 7) is 2.01. The zero-order chi connectivity index (χ0) is 23.4. The number of carbonyl (C=O) groups excluding carboxylic acids is 1. The molecule has 172 valence electrons. The van der Waals surface area contributed by atoms with Gasteiger partial charge in [-0.15, -0.1) is 0 Å². The van der Waals surface area contributed by atoms with Crippen molar-refractivity contribution >= 4 is 21.6 Å². The van der Waals surface area contributed by atoms with Crippen LogP contribution in [0.3, 0.4) is 0 Å². The number of hydrogen-bond acceptors (Lipinski definition) is 5. The third kappa shape index (κ3) is 4.86. The van der Waals surface area contributed by atoms with E-state index < -0.39 is 16.1 Å². The third-order valence-corrected chi connectivity index (χ3v) is 7.65. The van der Waals surface area contributed by atoms with E-state index >= 15 is 0 Å². The summed E-state index contributed by atoms with van der Waals surface area (Å²) < 4.78 is 39.3. The van der Waals surface area contributed by atoms with E-state index in [1.165, 1.54) is 17.5 Å². The Hall–Kier alpha value is -3.36. The highest BCUT2D eigenvalue weighted by atomic mass is 32.2. The van der Waals surface area contributed by atoms with Crippen molar-refractivity contribution in [2.24, 2.45) is 0 Å². The molecule has 7 nitrogen and oxygen atoms in total. The average Bonchev–Trinajstić information content (AvgIpc) is 3.32. The molecule has 33 heavy (non-hydrogen) atoms. The molecule has 1 N–H and O–H groups in total. The number of aryl methyl sites for hydroxylation is 1. The Labute approximate surface area is 194 Å². The van der Waals surface area contributed by atoms with Crippen LogP contribution in [-0.2, 0) is 14.8 Å². The summed E-state index contributed by atoms with van der Waals surface area (Å²) in [4.78, 5) is 13.4. The van der Waals surface area contributed by atoms with E-state index in [4.69, 9.17) is 9.47 Å². The zero-order valence-electron chi connectivity index (χ0n) is 18.5. The summed E-state index contributed by atoms with van der Waals surface area (Å²) in [6.07, 6.45) is 1.04. The van der Waals surface area contributed by atoms with Gasteiger partial charge in [0.25, 0.3) is 0 Å². The van der Waals surface area contributed by atoms with Gasteiger partial charge in [-0.3, -0.25) is 4.79 Å². The van der Waals surface area contributed by atoms with Gasteiger partial charge >= 0.3 is 0 Å². The molecule has 0 saturated carbocycles. The van der Waals surface area contributed by atoms with Crippen molar-refractivity contribution in [2.75, 3.05) is 19.0 Å². The van der Waals surface area contributed by atoms with Crippen molar-refractivity contribution in [3.05, 3.63) is 78.4 Å². The second kappa shape index (κ2) is 9.64. The Kier molecular flexibility index (Phi) is 6.67. The molecule has 1 aliphatic rings. The fourth-order valence-electron chi connectivity index (χ4n) is 3.89. The molecule has 1 fully saturated rings. The molecule has 8 heteroatoms. The van der Waals surface area contributed by atoms with Crippen LogP contribution >= 0.6 is 0 Å². The molecule has 3 aromatic carbocycles. The number of para-hydroxylation sites is 3. The first-order valence-corrected chi connectivity index (χ1v) is 12.1. The van der Waals surface area contributed by atoms with E-state index in [1.54, 1.807) is 37.3 Å². The van der Waals surface area contributed by atoms with Crippen LogP contribution in [0.2, 0.25) is 0 Å². The van der Waals surface area contributed by atoms with Crippen molar-refractivity contribution in [2.45, 2.75) is 30.7 Å². The average molecular weight is 467 g/mol. The Morgan fingerprint density at radius 1 is 1.00 bits per heavy atom. The van der Waals surface area contributed by atoms with Gasteiger partial charge in [-0.2, -0.15) is 4.31 Å². The normalized spacial score (nSPS) is 16.4. The minimum atomic E-state index is -3.89. The van der Waals surface area contributed by atoms with E-state index in [9.17, 15) is 13.2 Å². The first-order valence-electron chi connectivity index (χ1n) is 10.7. The molecule has 0 spiro atoms. The van der Waals surface area contributed by atoms with Gasteiger partial charge in [0.15, 0.2) is 5.75 Å². The third-order valence-electron chi connectivity index (χ3n) is 5.60. The summed E-state index contributed by atoms with van der Waals surface area (Å²) in [5.74, 6) is 1.18. The van der Waals surface area contributed by atoms with Crippen LogP contribution < -0.4 is 14.8 Å². The molecule has 1 saturated heterocycles. The van der Waals surface area contributed by atoms with E-state index in [0.29, 0.717) is 41.3 Å². The van der Waals surface area contributed by atoms with Crippen LogP contribution in [0, 0.1) is 6.92 Å². The van der Waals surface area contributed by atoms with Gasteiger partial charge in [-0.25, -0.2) is 8.42 Å². The van der Waals surface area contributed by atoms with Crippen molar-refractivity contribution in [1.82, 2.24) is 4.31 Å². The number of nitrogens with zero attached hydrogens (tertiary/aromatic N) is 1. The highest BCUT2D eigenvalue weighted by Crippen LogP contribution is 2.33. The number of amides is 1. The maximum atomic E-state index is 13.5. The van der Waals surface area contributed by atoms with Gasteiger partial charge in [-0.05, 0) is 55.7 Å². The summed E-state index contributed by atoms with van der Waals surface area (Å²) in [5.41, 5.74) is 1.08. The van der Waals surface area contributed by atoms with Crippen molar-refractivity contribution in [3.8, 4) is 17.2 Å². The van der Waals surface area contributed by atoms with Crippen LogP contribution in [0.4, 0.5) is 5.69 Å². The quantitative estimate of drug-likeness (QED) is 0.551. The van der Waals surface area contributed by atoms with Crippen LogP contribution in [0.15, 0.2) is 77.7 Å². The number of nitrogens with one attached hydrogen (secondary N) is 1. The molecule has 0 aromatic heterocycles. The first kappa shape index (κ1) is 22.8. The summed E-state index contributed by atoms with van der Waals surface area (Å²) in [7, 11) is -2.40. The standard InChI is InChI=1S/C25H26N2O5S/c1-18-14-15-20(31-2)17-24(18)33(29,30)27-16-8-12-22(27)25(28)26-21-11-6-7-13-23(21)32-19-9-4-3-5-10-19/h3-7,9-11,13-15,17,22H,8,12,16H2,1-2H3,(H,26,28)/t22-/m0/s1. The van der Waals surface area contributed by atoms with Gasteiger partial charge < -0.3 is 14.8 Å². The summed E-state index contributed by atoms with van der Waals surface area (Å²) in [6, 6.07) is 20.4. The lowest BCUT2D eigenvalue weighted by Crippen LogP contribution is -2.43. The Balaban J connectivity index is 1.57. The second-order valence-corrected chi connectivity index (χ2v) is 9.66. The van der Waals surface area contributed by atoms with Crippen LogP contribution in [0.5, 0.6) is 17.2 Å². The molecule has 1 aliphatic heterocycles. The maximum Gasteiger partial charge on any atom is 0.244 e. The summed E-state index contributed by atoms with van der Waals surface area (Å²) >= 11 is 0. The van der Waals surface area contributed by atoms with Gasteiger partial charge in [0.1, 0.15) is 17.5 Å². The molecule has 0 unspecified atom stereocenters. The number of benzene rings is 3. The van der Waals surface area contributed by atoms with Crippen molar-refractivity contribution < 1.29 is 22.7 Å². The van der Waals surface area contributed by atoms with Crippen LogP contribution in [-0.4, -0.2) is 38.3 Å². The number of methoxy groups -OCH3 is 1. The largest absolute Gasteiger partial charge is 0.497 e. The fourth-order valence-corrected chi connectivity index (χ4v) is 5.79. The molecular weight excluding hydrogens is 440 g/mol. The number of hydrogen-bond donors (Lipinski definition) is 1. The molecular formula is C25H26N2O5S. The predicted molar refractivity (Wildman–Crippen MR) is 126 cm³/mol. The maximum absolute atomic E-state index is 13.5. The van der Waals surface area contributed by atoms with Crippen LogP contribution in [0.1, 0.15) is 18.4 Å². The Bertz CT molecular complexity index is 1240. The molecule has 1 amide bonds. The lowest BCUT2D eigenvalue weighted by molar-refractivity contribution is -0.119. The molecule has 4 rings (SSSR count). The van der Waals surface area contributed by atoms with E-state index in [1.807, 2.05) is 36.4 Å². The van der Waals surface area contributed by atoms with Crippen molar-refractivity contribution in [3.63, 3.8) is 0 Å². The lowest BCUT2D eigenvalue weighted by Gasteiger charge is -2.24. The Morgan fingerprint density at radius 3 is 2.48 bits per heavy atom. The molecule has 1 atom stereocenters. The number of carbonyl (C=O) groups is 1. The summed E-state index contributed by atoms with van der Waals surface area (Å²) in [5, 5.41) is 2.87. The predicted octanol–water partition coefficient (Wildman–Crippen LogP) is 4.59. The number of sulfonamides is 1. The van der Waals surface area contributed by atoms with E-state index in [2.05, 4.69) is 5.32 Å². The smallest absolute Gasteiger partial charge is 0.244 e. The number of rotatable bonds is 7. The number of anilines is 1. The zero-order valence-corrected chi connectivity index (χ0v) is 19.3. The van der Waals surface area contributed by atoms with Gasteiger partial charge in [0, 0.05) is 12.6 Å². The minimum Gasteiger partial charge on any atom is -0.497 e.